The van der Waals surface area contributed by atoms with Gasteiger partial charge in [0.2, 0.25) is 0 Å². The van der Waals surface area contributed by atoms with Crippen LogP contribution in [-0.2, 0) is 19.1 Å². The molecule has 0 saturated carbocycles. The molecule has 0 spiro atoms. The van der Waals surface area contributed by atoms with Gasteiger partial charge in [0.25, 0.3) is 0 Å². The highest BCUT2D eigenvalue weighted by Gasteiger charge is 2.39. The summed E-state index contributed by atoms with van der Waals surface area (Å²) in [4.78, 5) is 25.6. The first-order chi connectivity index (χ1) is 13.0. The SMILES string of the molecule is CCCCOC(=O)C1=C(C)NC(C)=C(C(=O)OCCCC)C1c1ccco1. The summed E-state index contributed by atoms with van der Waals surface area (Å²) in [6.07, 6.45) is 4.97. The zero-order chi connectivity index (χ0) is 19.8. The van der Waals surface area contributed by atoms with Crippen LogP contribution in [0.15, 0.2) is 45.4 Å². The summed E-state index contributed by atoms with van der Waals surface area (Å²) in [7, 11) is 0. The van der Waals surface area contributed by atoms with E-state index in [1.54, 1.807) is 26.0 Å². The number of esters is 2. The van der Waals surface area contributed by atoms with Crippen LogP contribution in [-0.4, -0.2) is 25.2 Å². The molecule has 148 valence electrons. The van der Waals surface area contributed by atoms with E-state index in [-0.39, 0.29) is 0 Å². The standard InChI is InChI=1S/C21H29NO5/c1-5-7-11-26-20(23)17-14(3)22-15(4)18(21(24)27-12-8-6-2)19(17)16-10-9-13-25-16/h9-10,13,19,22H,5-8,11-12H2,1-4H3. The number of hydrogen-bond acceptors (Lipinski definition) is 6. The molecule has 6 nitrogen and oxygen atoms in total. The largest absolute Gasteiger partial charge is 0.468 e. The molecule has 2 rings (SSSR count). The van der Waals surface area contributed by atoms with Crippen molar-refractivity contribution in [2.24, 2.45) is 0 Å². The first-order valence-corrected chi connectivity index (χ1v) is 9.57. The number of furan rings is 1. The minimum absolute atomic E-state index is 0.343. The number of carbonyl (C=O) groups is 2. The quantitative estimate of drug-likeness (QED) is 0.515. The highest BCUT2D eigenvalue weighted by molar-refractivity contribution is 5.99. The van der Waals surface area contributed by atoms with Gasteiger partial charge < -0.3 is 19.2 Å². The van der Waals surface area contributed by atoms with Crippen molar-refractivity contribution < 1.29 is 23.5 Å². The lowest BCUT2D eigenvalue weighted by Crippen LogP contribution is -2.32. The molecule has 0 unspecified atom stereocenters. The van der Waals surface area contributed by atoms with Crippen molar-refractivity contribution in [3.8, 4) is 0 Å². The molecule has 1 aromatic heterocycles. The fraction of sp³-hybridized carbons (Fsp3) is 0.524. The maximum Gasteiger partial charge on any atom is 0.336 e. The molecule has 6 heteroatoms. The van der Waals surface area contributed by atoms with Crippen LogP contribution < -0.4 is 5.32 Å². The summed E-state index contributed by atoms with van der Waals surface area (Å²) in [5, 5.41) is 3.13. The van der Waals surface area contributed by atoms with E-state index < -0.39 is 17.9 Å². The van der Waals surface area contributed by atoms with Gasteiger partial charge in [-0.2, -0.15) is 0 Å². The number of nitrogens with one attached hydrogen (secondary N) is 1. The Balaban J connectivity index is 2.36. The highest BCUT2D eigenvalue weighted by atomic mass is 16.5. The van der Waals surface area contributed by atoms with Gasteiger partial charge in [-0.15, -0.1) is 0 Å². The predicted octanol–water partition coefficient (Wildman–Crippen LogP) is 4.20. The number of dihydropyridines is 1. The van der Waals surface area contributed by atoms with Crippen LogP contribution >= 0.6 is 0 Å². The molecule has 0 atom stereocenters. The molecule has 1 aromatic rings. The summed E-state index contributed by atoms with van der Waals surface area (Å²) in [6.45, 7) is 8.35. The van der Waals surface area contributed by atoms with E-state index in [9.17, 15) is 9.59 Å². The molecule has 0 aliphatic carbocycles. The number of unbranched alkanes of at least 4 members (excludes halogenated alkanes) is 2. The molecule has 1 aliphatic rings. The molecule has 0 bridgehead atoms. The van der Waals surface area contributed by atoms with Crippen LogP contribution in [0.3, 0.4) is 0 Å². The summed E-state index contributed by atoms with van der Waals surface area (Å²) < 4.78 is 16.4. The van der Waals surface area contributed by atoms with Crippen LogP contribution in [0, 0.1) is 0 Å². The molecule has 0 radical (unpaired) electrons. The van der Waals surface area contributed by atoms with Crippen LogP contribution in [0.5, 0.6) is 0 Å². The Morgan fingerprint density at radius 2 is 1.52 bits per heavy atom. The molecule has 1 N–H and O–H groups in total. The van der Waals surface area contributed by atoms with E-state index >= 15 is 0 Å². The second kappa shape index (κ2) is 10.00. The van der Waals surface area contributed by atoms with Gasteiger partial charge in [0.05, 0.1) is 36.5 Å². The zero-order valence-electron chi connectivity index (χ0n) is 16.6. The molecule has 1 aliphatic heterocycles. The first-order valence-electron chi connectivity index (χ1n) is 9.57. The molecule has 0 amide bonds. The molecular formula is C21H29NO5. The average Bonchev–Trinajstić information content (AvgIpc) is 3.15. The Morgan fingerprint density at radius 1 is 1.00 bits per heavy atom. The monoisotopic (exact) mass is 375 g/mol. The van der Waals surface area contributed by atoms with Gasteiger partial charge in [0.15, 0.2) is 0 Å². The molecule has 0 aromatic carbocycles. The minimum Gasteiger partial charge on any atom is -0.468 e. The Kier molecular flexibility index (Phi) is 7.70. The average molecular weight is 375 g/mol. The van der Waals surface area contributed by atoms with Gasteiger partial charge in [0, 0.05) is 11.4 Å². The maximum absolute atomic E-state index is 12.8. The van der Waals surface area contributed by atoms with E-state index in [1.807, 2.05) is 13.8 Å². The number of rotatable bonds is 9. The summed E-state index contributed by atoms with van der Waals surface area (Å²) in [5.41, 5.74) is 2.07. The van der Waals surface area contributed by atoms with Crippen LogP contribution in [0.1, 0.15) is 65.1 Å². The third-order valence-electron chi connectivity index (χ3n) is 4.49. The number of ether oxygens (including phenoxy) is 2. The lowest BCUT2D eigenvalue weighted by atomic mass is 9.83. The lowest BCUT2D eigenvalue weighted by molar-refractivity contribution is -0.140. The van der Waals surface area contributed by atoms with Crippen LogP contribution in [0.4, 0.5) is 0 Å². The Morgan fingerprint density at radius 3 is 1.93 bits per heavy atom. The third kappa shape index (κ3) is 5.02. The number of hydrogen-bond donors (Lipinski definition) is 1. The Hall–Kier alpha value is -2.50. The Bertz CT molecular complexity index is 671. The van der Waals surface area contributed by atoms with Crippen molar-refractivity contribution in [1.29, 1.82) is 0 Å². The van der Waals surface area contributed by atoms with Crippen molar-refractivity contribution in [2.75, 3.05) is 13.2 Å². The smallest absolute Gasteiger partial charge is 0.336 e. The van der Waals surface area contributed by atoms with Gasteiger partial charge in [-0.25, -0.2) is 9.59 Å². The van der Waals surface area contributed by atoms with Crippen molar-refractivity contribution in [1.82, 2.24) is 5.32 Å². The Labute approximate surface area is 160 Å². The van der Waals surface area contributed by atoms with Gasteiger partial charge >= 0.3 is 11.9 Å². The molecule has 27 heavy (non-hydrogen) atoms. The van der Waals surface area contributed by atoms with Gasteiger partial charge in [-0.1, -0.05) is 26.7 Å². The maximum atomic E-state index is 12.8. The van der Waals surface area contributed by atoms with Gasteiger partial charge in [0.1, 0.15) is 5.76 Å². The fourth-order valence-electron chi connectivity index (χ4n) is 3.05. The van der Waals surface area contributed by atoms with E-state index in [4.69, 9.17) is 13.9 Å². The molecule has 0 fully saturated rings. The predicted molar refractivity (Wildman–Crippen MR) is 102 cm³/mol. The first kappa shape index (κ1) is 20.8. The fourth-order valence-corrected chi connectivity index (χ4v) is 3.05. The van der Waals surface area contributed by atoms with Crippen molar-refractivity contribution in [3.63, 3.8) is 0 Å². The van der Waals surface area contributed by atoms with Crippen molar-refractivity contribution >= 4 is 11.9 Å². The summed E-state index contributed by atoms with van der Waals surface area (Å²) in [6, 6.07) is 3.50. The second-order valence-electron chi connectivity index (χ2n) is 6.63. The van der Waals surface area contributed by atoms with Gasteiger partial charge in [-0.3, -0.25) is 0 Å². The zero-order valence-corrected chi connectivity index (χ0v) is 16.6. The third-order valence-corrected chi connectivity index (χ3v) is 4.49. The summed E-state index contributed by atoms with van der Waals surface area (Å²) in [5.74, 6) is -1.02. The van der Waals surface area contributed by atoms with Crippen LogP contribution in [0.2, 0.25) is 0 Å². The van der Waals surface area contributed by atoms with E-state index in [2.05, 4.69) is 5.32 Å². The normalized spacial score (nSPS) is 15.0. The second-order valence-corrected chi connectivity index (χ2v) is 6.63. The molecule has 0 saturated heterocycles. The van der Waals surface area contributed by atoms with E-state index in [1.165, 1.54) is 6.26 Å². The topological polar surface area (TPSA) is 77.8 Å². The molecule has 2 heterocycles. The van der Waals surface area contributed by atoms with E-state index in [0.29, 0.717) is 41.5 Å². The number of carbonyl (C=O) groups excluding carboxylic acids is 2. The van der Waals surface area contributed by atoms with E-state index in [0.717, 1.165) is 25.7 Å². The molecular weight excluding hydrogens is 346 g/mol. The minimum atomic E-state index is -0.649. The van der Waals surface area contributed by atoms with Crippen molar-refractivity contribution in [3.05, 3.63) is 46.7 Å². The van der Waals surface area contributed by atoms with Gasteiger partial charge in [-0.05, 0) is 38.8 Å². The van der Waals surface area contributed by atoms with Crippen LogP contribution in [0.25, 0.3) is 0 Å². The van der Waals surface area contributed by atoms with Crippen molar-refractivity contribution in [2.45, 2.75) is 59.3 Å². The lowest BCUT2D eigenvalue weighted by Gasteiger charge is -2.29. The number of allylic oxidation sites excluding steroid dienone is 2. The highest BCUT2D eigenvalue weighted by Crippen LogP contribution is 2.39. The summed E-state index contributed by atoms with van der Waals surface area (Å²) >= 11 is 0.